The Morgan fingerprint density at radius 2 is 2.00 bits per heavy atom. The maximum Gasteiger partial charge on any atom is 0.282 e. The average Bonchev–Trinajstić information content (AvgIpc) is 3.04. The van der Waals surface area contributed by atoms with Crippen molar-refractivity contribution in [2.75, 3.05) is 5.32 Å². The van der Waals surface area contributed by atoms with E-state index in [4.69, 9.17) is 0 Å². The first-order chi connectivity index (χ1) is 12.5. The van der Waals surface area contributed by atoms with Crippen molar-refractivity contribution < 1.29 is 13.6 Å². The molecule has 2 aromatic carbocycles. The molecule has 3 aromatic rings. The topological polar surface area (TPSA) is 46.9 Å². The predicted octanol–water partition coefficient (Wildman–Crippen LogP) is 5.17. The number of para-hydroxylation sites is 1. The molecule has 0 aliphatic carbocycles. The fourth-order valence-corrected chi connectivity index (χ4v) is 3.05. The third-order valence-corrected chi connectivity index (χ3v) is 4.52. The Hall–Kier alpha value is -2.54. The molecule has 0 atom stereocenters. The largest absolute Gasteiger partial charge is 0.321 e. The van der Waals surface area contributed by atoms with Crippen LogP contribution in [0.5, 0.6) is 0 Å². The highest BCUT2D eigenvalue weighted by atomic mass is 79.9. The molecule has 7 heteroatoms. The summed E-state index contributed by atoms with van der Waals surface area (Å²) in [5.74, 6) is -0.613. The molecular weight excluding hydrogens is 404 g/mol. The summed E-state index contributed by atoms with van der Waals surface area (Å²) in [7, 11) is 1.50. The number of nitrogens with one attached hydrogen (secondary N) is 1. The highest BCUT2D eigenvalue weighted by Crippen LogP contribution is 2.30. The van der Waals surface area contributed by atoms with Crippen LogP contribution in [0, 0.1) is 0 Å². The van der Waals surface area contributed by atoms with Gasteiger partial charge in [-0.25, -0.2) is 8.78 Å². The normalized spacial score (nSPS) is 11.0. The van der Waals surface area contributed by atoms with E-state index in [2.05, 4.69) is 26.3 Å². The lowest BCUT2D eigenvalue weighted by molar-refractivity contribution is 0.101. The molecule has 0 unspecified atom stereocenters. The van der Waals surface area contributed by atoms with E-state index in [0.717, 1.165) is 16.7 Å². The molecule has 0 saturated carbocycles. The maximum atomic E-state index is 13.1. The van der Waals surface area contributed by atoms with Crippen LogP contribution < -0.4 is 5.32 Å². The zero-order chi connectivity index (χ0) is 18.7. The molecule has 26 heavy (non-hydrogen) atoms. The highest BCUT2D eigenvalue weighted by Gasteiger charge is 2.23. The SMILES string of the molecule is Cn1cc(C(=O)Nc2ccccc2-c2cccc(CBr)c2)c(C(F)F)n1. The van der Waals surface area contributed by atoms with Crippen LogP contribution in [-0.4, -0.2) is 15.7 Å². The predicted molar refractivity (Wildman–Crippen MR) is 101 cm³/mol. The fourth-order valence-electron chi connectivity index (χ4n) is 2.70. The second-order valence-electron chi connectivity index (χ2n) is 5.74. The number of carbonyl (C=O) groups is 1. The molecule has 1 heterocycles. The summed E-state index contributed by atoms with van der Waals surface area (Å²) in [6.45, 7) is 0. The third kappa shape index (κ3) is 3.83. The Bertz CT molecular complexity index is 940. The van der Waals surface area contributed by atoms with Gasteiger partial charge in [0.25, 0.3) is 12.3 Å². The van der Waals surface area contributed by atoms with Crippen LogP contribution >= 0.6 is 15.9 Å². The number of anilines is 1. The molecular formula is C19H16BrF2N3O. The van der Waals surface area contributed by atoms with Crippen LogP contribution in [0.1, 0.15) is 28.0 Å². The zero-order valence-corrected chi connectivity index (χ0v) is 15.5. The van der Waals surface area contributed by atoms with E-state index in [1.165, 1.54) is 17.9 Å². The lowest BCUT2D eigenvalue weighted by Crippen LogP contribution is -2.14. The molecule has 0 aliphatic rings. The van der Waals surface area contributed by atoms with E-state index in [1.54, 1.807) is 12.1 Å². The van der Waals surface area contributed by atoms with Gasteiger partial charge in [0.2, 0.25) is 0 Å². The number of hydrogen-bond acceptors (Lipinski definition) is 2. The van der Waals surface area contributed by atoms with Crippen molar-refractivity contribution in [2.24, 2.45) is 7.05 Å². The molecule has 0 saturated heterocycles. The quantitative estimate of drug-likeness (QED) is 0.579. The number of carbonyl (C=O) groups excluding carboxylic acids is 1. The van der Waals surface area contributed by atoms with E-state index >= 15 is 0 Å². The van der Waals surface area contributed by atoms with Crippen molar-refractivity contribution in [1.82, 2.24) is 9.78 Å². The molecule has 4 nitrogen and oxygen atoms in total. The van der Waals surface area contributed by atoms with Crippen LogP contribution in [0.3, 0.4) is 0 Å². The number of aromatic nitrogens is 2. The molecule has 1 aromatic heterocycles. The second kappa shape index (κ2) is 7.78. The Morgan fingerprint density at radius 1 is 1.23 bits per heavy atom. The first kappa shape index (κ1) is 18.3. The average molecular weight is 420 g/mol. The van der Waals surface area contributed by atoms with Gasteiger partial charge in [-0.3, -0.25) is 9.48 Å². The Kier molecular flexibility index (Phi) is 5.46. The van der Waals surface area contributed by atoms with Gasteiger partial charge in [-0.15, -0.1) is 0 Å². The first-order valence-corrected chi connectivity index (χ1v) is 8.99. The van der Waals surface area contributed by atoms with E-state index in [1.807, 2.05) is 36.4 Å². The van der Waals surface area contributed by atoms with Crippen LogP contribution in [0.2, 0.25) is 0 Å². The molecule has 3 rings (SSSR count). The van der Waals surface area contributed by atoms with Crippen molar-refractivity contribution >= 4 is 27.5 Å². The number of aryl methyl sites for hydroxylation is 1. The summed E-state index contributed by atoms with van der Waals surface area (Å²) in [6.07, 6.45) is -1.52. The monoisotopic (exact) mass is 419 g/mol. The summed E-state index contributed by atoms with van der Waals surface area (Å²) < 4.78 is 27.4. The summed E-state index contributed by atoms with van der Waals surface area (Å²) in [5, 5.41) is 7.12. The summed E-state index contributed by atoms with van der Waals surface area (Å²) in [6, 6.07) is 15.1. The molecule has 134 valence electrons. The molecule has 0 bridgehead atoms. The number of halogens is 3. The third-order valence-electron chi connectivity index (χ3n) is 3.88. The summed E-state index contributed by atoms with van der Waals surface area (Å²) >= 11 is 3.43. The van der Waals surface area contributed by atoms with E-state index in [-0.39, 0.29) is 5.56 Å². The van der Waals surface area contributed by atoms with Crippen molar-refractivity contribution in [3.63, 3.8) is 0 Å². The molecule has 1 amide bonds. The summed E-state index contributed by atoms with van der Waals surface area (Å²) in [4.78, 5) is 12.6. The minimum Gasteiger partial charge on any atom is -0.321 e. The number of alkyl halides is 3. The van der Waals surface area contributed by atoms with Crippen molar-refractivity contribution in [3.8, 4) is 11.1 Å². The maximum absolute atomic E-state index is 13.1. The van der Waals surface area contributed by atoms with E-state index < -0.39 is 18.0 Å². The molecule has 0 radical (unpaired) electrons. The van der Waals surface area contributed by atoms with Gasteiger partial charge >= 0.3 is 0 Å². The van der Waals surface area contributed by atoms with Gasteiger partial charge in [-0.1, -0.05) is 58.4 Å². The first-order valence-electron chi connectivity index (χ1n) is 7.87. The fraction of sp³-hybridized carbons (Fsp3) is 0.158. The summed E-state index contributed by atoms with van der Waals surface area (Å²) in [5.41, 5.74) is 2.73. The Balaban J connectivity index is 1.95. The van der Waals surface area contributed by atoms with E-state index in [9.17, 15) is 13.6 Å². The lowest BCUT2D eigenvalue weighted by atomic mass is 10.0. The number of nitrogens with zero attached hydrogens (tertiary/aromatic N) is 2. The standard InChI is InChI=1S/C19H16BrF2N3O/c1-25-11-15(17(24-25)18(21)22)19(26)23-16-8-3-2-7-14(16)13-6-4-5-12(9-13)10-20/h2-9,11,18H,10H2,1H3,(H,23,26). The van der Waals surface area contributed by atoms with Crippen LogP contribution in [0.25, 0.3) is 11.1 Å². The number of benzene rings is 2. The van der Waals surface area contributed by atoms with Gasteiger partial charge in [-0.2, -0.15) is 5.10 Å². The minimum atomic E-state index is -2.82. The number of amides is 1. The minimum absolute atomic E-state index is 0.133. The molecule has 0 aliphatic heterocycles. The molecule has 0 fully saturated rings. The van der Waals surface area contributed by atoms with Crippen molar-refractivity contribution in [3.05, 3.63) is 71.5 Å². The van der Waals surface area contributed by atoms with Crippen molar-refractivity contribution in [1.29, 1.82) is 0 Å². The van der Waals surface area contributed by atoms with Gasteiger partial charge in [0.05, 0.1) is 5.56 Å². The smallest absolute Gasteiger partial charge is 0.282 e. The van der Waals surface area contributed by atoms with Crippen LogP contribution in [-0.2, 0) is 12.4 Å². The molecule has 0 spiro atoms. The zero-order valence-electron chi connectivity index (χ0n) is 13.9. The van der Waals surface area contributed by atoms with Gasteiger partial charge < -0.3 is 5.32 Å². The Morgan fingerprint density at radius 3 is 2.73 bits per heavy atom. The highest BCUT2D eigenvalue weighted by molar-refractivity contribution is 9.08. The van der Waals surface area contributed by atoms with Gasteiger partial charge in [0.15, 0.2) is 0 Å². The second-order valence-corrected chi connectivity index (χ2v) is 6.30. The van der Waals surface area contributed by atoms with Crippen LogP contribution in [0.4, 0.5) is 14.5 Å². The van der Waals surface area contributed by atoms with Crippen molar-refractivity contribution in [2.45, 2.75) is 11.8 Å². The number of hydrogen-bond donors (Lipinski definition) is 1. The Labute approximate surface area is 158 Å². The number of rotatable bonds is 5. The van der Waals surface area contributed by atoms with Gasteiger partial charge in [-0.05, 0) is 17.2 Å². The van der Waals surface area contributed by atoms with Gasteiger partial charge in [0, 0.05) is 29.8 Å². The van der Waals surface area contributed by atoms with Gasteiger partial charge in [0.1, 0.15) is 5.69 Å². The van der Waals surface area contributed by atoms with E-state index in [0.29, 0.717) is 11.0 Å². The van der Waals surface area contributed by atoms with Crippen LogP contribution in [0.15, 0.2) is 54.7 Å². The lowest BCUT2D eigenvalue weighted by Gasteiger charge is -2.12. The molecule has 1 N–H and O–H groups in total.